The van der Waals surface area contributed by atoms with Gasteiger partial charge in [-0.1, -0.05) is 24.3 Å². The van der Waals surface area contributed by atoms with E-state index in [1.54, 1.807) is 13.8 Å². The number of carbonyl (C=O) groups excluding carboxylic acids is 6. The van der Waals surface area contributed by atoms with Crippen LogP contribution in [0.15, 0.2) is 36.4 Å². The molecule has 2 saturated heterocycles. The van der Waals surface area contributed by atoms with E-state index in [-0.39, 0.29) is 68.8 Å². The zero-order chi connectivity index (χ0) is 56.8. The van der Waals surface area contributed by atoms with Crippen LogP contribution in [0.4, 0.5) is 0 Å². The summed E-state index contributed by atoms with van der Waals surface area (Å²) in [5, 5.41) is 107. The third-order valence-electron chi connectivity index (χ3n) is 15.6. The Labute approximate surface area is 443 Å². The molecule has 416 valence electrons. The topological polar surface area (TPSA) is 412 Å². The Morgan fingerprint density at radius 2 is 0.923 bits per heavy atom. The third-order valence-corrected chi connectivity index (χ3v) is 15.6. The Kier molecular flexibility index (Phi) is 14.9. The second-order valence-electron chi connectivity index (χ2n) is 20.3. The molecule has 14 N–H and O–H groups in total. The van der Waals surface area contributed by atoms with E-state index in [4.69, 9.17) is 39.9 Å². The first-order chi connectivity index (χ1) is 36.9. The molecule has 0 spiro atoms. The van der Waals surface area contributed by atoms with Crippen molar-refractivity contribution in [1.29, 1.82) is 0 Å². The first-order valence-corrected chi connectivity index (χ1v) is 24.8. The van der Waals surface area contributed by atoms with E-state index in [2.05, 4.69) is 0 Å². The molecule has 12 atom stereocenters. The molecule has 0 saturated carbocycles. The molecule has 78 heavy (non-hydrogen) atoms. The lowest BCUT2D eigenvalue weighted by atomic mass is 9.72. The minimum Gasteiger partial charge on any atom is -0.507 e. The maximum absolute atomic E-state index is 13.6. The predicted octanol–water partition coefficient (Wildman–Crippen LogP) is 0.00260. The molecule has 6 aliphatic rings. The Hall–Kier alpha value is -6.78. The molecule has 0 radical (unpaired) electrons. The number of nitrogens with two attached hydrogens (primary N) is 2. The number of benzene rings is 4. The van der Waals surface area contributed by atoms with Crippen molar-refractivity contribution in [1.82, 2.24) is 0 Å². The number of phenolic OH excluding ortho intramolecular Hbond substituents is 4. The number of hydrogen-bond acceptors (Lipinski definition) is 24. The van der Waals surface area contributed by atoms with Gasteiger partial charge in [0.15, 0.2) is 35.7 Å². The highest BCUT2D eigenvalue weighted by molar-refractivity contribution is 6.32. The second-order valence-corrected chi connectivity index (χ2v) is 20.3. The fraction of sp³-hybridized carbons (Fsp3) is 0.444. The number of phenols is 4. The van der Waals surface area contributed by atoms with Crippen LogP contribution in [0.25, 0.3) is 0 Å². The third kappa shape index (κ3) is 9.00. The number of ketones is 6. The molecule has 4 aromatic carbocycles. The Bertz CT molecular complexity index is 2960. The molecule has 4 aromatic rings. The van der Waals surface area contributed by atoms with Gasteiger partial charge in [0.25, 0.3) is 0 Å². The standard InChI is InChI=1S/2C27H29NO11/c2*1-10-22(31)13(28)6-17(38-10)39-15-8-27(36,16(30)9-29)7-12-19(15)26(35)21-20(24(12)33)23(32)11-4-3-5-14(37-2)18(11)25(21)34/h2*3-5,10,13,15,17,22,29,31,33,35-36H,6-9,28H2,1-2H3/t10-,13-,15-,17-,22+,27-;10-,13-,15-,17-,22-,27-/m00/s1. The lowest BCUT2D eigenvalue weighted by Crippen LogP contribution is -2.53. The number of rotatable bonds is 10. The van der Waals surface area contributed by atoms with Gasteiger partial charge in [-0.3, -0.25) is 28.8 Å². The molecular weight excluding hydrogens is 1030 g/mol. The van der Waals surface area contributed by atoms with Crippen LogP contribution >= 0.6 is 0 Å². The van der Waals surface area contributed by atoms with Gasteiger partial charge in [-0.05, 0) is 26.0 Å². The van der Waals surface area contributed by atoms with E-state index in [0.717, 1.165) is 0 Å². The lowest BCUT2D eigenvalue weighted by Gasteiger charge is -2.42. The molecule has 2 fully saturated rings. The summed E-state index contributed by atoms with van der Waals surface area (Å²) in [4.78, 5) is 79.5. The van der Waals surface area contributed by atoms with Crippen LogP contribution < -0.4 is 20.9 Å². The minimum absolute atomic E-state index is 0.0173. The molecule has 0 bridgehead atoms. The first-order valence-electron chi connectivity index (χ1n) is 24.8. The highest BCUT2D eigenvalue weighted by Gasteiger charge is 2.52. The zero-order valence-electron chi connectivity index (χ0n) is 42.4. The van der Waals surface area contributed by atoms with Gasteiger partial charge in [0.2, 0.25) is 11.6 Å². The van der Waals surface area contributed by atoms with Crippen molar-refractivity contribution in [3.8, 4) is 34.5 Å². The van der Waals surface area contributed by atoms with Gasteiger partial charge in [0, 0.05) is 84.0 Å². The summed E-state index contributed by atoms with van der Waals surface area (Å²) < 4.78 is 34.0. The molecule has 0 aromatic heterocycles. The number of Topliss-reactive ketones (excluding diaryl/α,β-unsaturated/α-hetero) is 2. The van der Waals surface area contributed by atoms with Crippen LogP contribution in [0.2, 0.25) is 0 Å². The van der Waals surface area contributed by atoms with Gasteiger partial charge >= 0.3 is 0 Å². The molecule has 10 rings (SSSR count). The summed E-state index contributed by atoms with van der Waals surface area (Å²) in [6.07, 6.45) is -10.2. The van der Waals surface area contributed by atoms with E-state index in [9.17, 15) is 79.8 Å². The van der Waals surface area contributed by atoms with E-state index in [1.807, 2.05) is 0 Å². The molecule has 24 nitrogen and oxygen atoms in total. The molecule has 2 heterocycles. The molecule has 24 heteroatoms. The number of ether oxygens (including phenoxy) is 6. The van der Waals surface area contributed by atoms with Crippen molar-refractivity contribution in [2.75, 3.05) is 27.4 Å². The van der Waals surface area contributed by atoms with Gasteiger partial charge in [-0.25, -0.2) is 0 Å². The fourth-order valence-corrected chi connectivity index (χ4v) is 11.5. The fourth-order valence-electron chi connectivity index (χ4n) is 11.5. The van der Waals surface area contributed by atoms with E-state index >= 15 is 0 Å². The van der Waals surface area contributed by atoms with Gasteiger partial charge in [0.05, 0.1) is 84.2 Å². The summed E-state index contributed by atoms with van der Waals surface area (Å²) in [6.45, 7) is 1.12. The molecular formula is C54H58N2O22. The lowest BCUT2D eigenvalue weighted by molar-refractivity contribution is -0.247. The van der Waals surface area contributed by atoms with Crippen molar-refractivity contribution in [3.05, 3.63) is 103 Å². The predicted molar refractivity (Wildman–Crippen MR) is 264 cm³/mol. The number of hydrogen-bond donors (Lipinski definition) is 12. The quantitative estimate of drug-likeness (QED) is 0.0804. The van der Waals surface area contributed by atoms with E-state index in [0.29, 0.717) is 0 Å². The monoisotopic (exact) mass is 1090 g/mol. The summed E-state index contributed by atoms with van der Waals surface area (Å²) >= 11 is 0. The minimum atomic E-state index is -2.24. The number of aromatic hydroxyl groups is 4. The number of aliphatic hydroxyl groups is 6. The van der Waals surface area contributed by atoms with Gasteiger partial charge in [-0.2, -0.15) is 0 Å². The average Bonchev–Trinajstić information content (AvgIpc) is 3.59. The highest BCUT2D eigenvalue weighted by atomic mass is 16.7. The normalized spacial score (nSPS) is 29.8. The van der Waals surface area contributed by atoms with Crippen LogP contribution in [-0.4, -0.2) is 173 Å². The largest absolute Gasteiger partial charge is 0.507 e. The number of aliphatic hydroxyl groups excluding tert-OH is 4. The second kappa shape index (κ2) is 20.8. The molecule has 2 aliphatic heterocycles. The van der Waals surface area contributed by atoms with Gasteiger partial charge < -0.3 is 91.0 Å². The van der Waals surface area contributed by atoms with Crippen molar-refractivity contribution in [2.24, 2.45) is 11.5 Å². The Morgan fingerprint density at radius 3 is 1.24 bits per heavy atom. The Morgan fingerprint density at radius 1 is 0.577 bits per heavy atom. The van der Waals surface area contributed by atoms with Crippen molar-refractivity contribution in [2.45, 2.75) is 125 Å². The maximum Gasteiger partial charge on any atom is 0.202 e. The SMILES string of the molecule is COc1cccc2c1C(=O)c1c(O)c3c(c(O)c1C2=O)C[C@@](O)(C(=O)CO)C[C@@H]3O[C@H]1C[C@H](N)[C@@H](O)[C@H](C)O1.COc1cccc2c1C(=O)c1c(O)c3c(c(O)c1C2=O)C[C@@](O)(C(=O)CO)C[C@@H]3O[C@H]1C[C@H](N)[C@H](O)[C@H](C)O1. The van der Waals surface area contributed by atoms with Crippen molar-refractivity contribution < 1.29 is 108 Å². The van der Waals surface area contributed by atoms with Gasteiger partial charge in [0.1, 0.15) is 58.9 Å². The summed E-state index contributed by atoms with van der Waals surface area (Å²) in [6, 6.07) is 7.27. The van der Waals surface area contributed by atoms with Crippen LogP contribution in [0.5, 0.6) is 34.5 Å². The summed E-state index contributed by atoms with van der Waals surface area (Å²) in [5.74, 6) is -7.55. The summed E-state index contributed by atoms with van der Waals surface area (Å²) in [5.41, 5.74) is 4.75. The van der Waals surface area contributed by atoms with Gasteiger partial charge in [-0.15, -0.1) is 0 Å². The smallest absolute Gasteiger partial charge is 0.202 e. The Balaban J connectivity index is 0.000000190. The summed E-state index contributed by atoms with van der Waals surface area (Å²) in [7, 11) is 2.64. The number of fused-ring (bicyclic) bond motifs is 6. The average molecular weight is 1090 g/mol. The number of carbonyl (C=O) groups is 6. The molecule has 4 aliphatic carbocycles. The van der Waals surface area contributed by atoms with Crippen LogP contribution in [0, 0.1) is 0 Å². The zero-order valence-corrected chi connectivity index (χ0v) is 42.4. The molecule has 0 amide bonds. The van der Waals surface area contributed by atoms with Crippen LogP contribution in [0.3, 0.4) is 0 Å². The highest BCUT2D eigenvalue weighted by Crippen LogP contribution is 2.55. The molecule has 0 unspecified atom stereocenters. The maximum atomic E-state index is 13.6. The van der Waals surface area contributed by atoms with Crippen LogP contribution in [0.1, 0.15) is 138 Å². The first kappa shape index (κ1) is 56.0. The van der Waals surface area contributed by atoms with E-state index in [1.165, 1.54) is 50.6 Å². The van der Waals surface area contributed by atoms with Crippen LogP contribution in [-0.2, 0) is 41.4 Å². The number of methoxy groups -OCH3 is 2. The van der Waals surface area contributed by atoms with Crippen molar-refractivity contribution in [3.63, 3.8) is 0 Å². The van der Waals surface area contributed by atoms with Crippen molar-refractivity contribution >= 4 is 34.7 Å². The van der Waals surface area contributed by atoms with E-state index < -0.39 is 191 Å².